The maximum absolute atomic E-state index is 13.2. The number of anilines is 1. The highest BCUT2D eigenvalue weighted by atomic mass is 35.5. The van der Waals surface area contributed by atoms with E-state index >= 15 is 0 Å². The van der Waals surface area contributed by atoms with Crippen LogP contribution in [0.2, 0.25) is 5.02 Å². The van der Waals surface area contributed by atoms with Gasteiger partial charge in [0.15, 0.2) is 12.0 Å². The number of rotatable bonds is 6. The summed E-state index contributed by atoms with van der Waals surface area (Å²) in [4.78, 5) is 25.8. The van der Waals surface area contributed by atoms with Crippen molar-refractivity contribution in [2.45, 2.75) is 18.8 Å². The van der Waals surface area contributed by atoms with Crippen molar-refractivity contribution in [1.82, 2.24) is 20.4 Å². The van der Waals surface area contributed by atoms with Gasteiger partial charge in [0, 0.05) is 23.6 Å². The van der Waals surface area contributed by atoms with E-state index in [0.717, 1.165) is 5.56 Å². The zero-order chi connectivity index (χ0) is 24.4. The fraction of sp³-hybridized carbons (Fsp3) is 0.160. The summed E-state index contributed by atoms with van der Waals surface area (Å²) in [5, 5.41) is 14.2. The molecular formula is C25H22ClN5O4. The summed E-state index contributed by atoms with van der Waals surface area (Å²) >= 11 is 6.11. The Morgan fingerprint density at radius 2 is 2.00 bits per heavy atom. The lowest BCUT2D eigenvalue weighted by Crippen LogP contribution is -2.50. The summed E-state index contributed by atoms with van der Waals surface area (Å²) < 4.78 is 12.3. The van der Waals surface area contributed by atoms with Crippen molar-refractivity contribution in [3.8, 4) is 17.2 Å². The van der Waals surface area contributed by atoms with Gasteiger partial charge in [-0.3, -0.25) is 14.9 Å². The number of aromatic nitrogens is 2. The van der Waals surface area contributed by atoms with Crippen molar-refractivity contribution in [2.75, 3.05) is 12.4 Å². The second-order valence-corrected chi connectivity index (χ2v) is 8.38. The number of methoxy groups -OCH3 is 1. The molecule has 1 aliphatic rings. The first-order valence-electron chi connectivity index (χ1n) is 10.9. The molecular weight excluding hydrogens is 470 g/mol. The van der Waals surface area contributed by atoms with E-state index in [1.807, 2.05) is 30.3 Å². The van der Waals surface area contributed by atoms with Crippen LogP contribution in [0.5, 0.6) is 5.75 Å². The van der Waals surface area contributed by atoms with Crippen LogP contribution < -0.4 is 20.7 Å². The molecule has 2 unspecified atom stereocenters. The fourth-order valence-corrected chi connectivity index (χ4v) is 4.16. The molecule has 9 nitrogen and oxygen atoms in total. The number of hydrogen-bond acceptors (Lipinski definition) is 6. The minimum atomic E-state index is -0.721. The van der Waals surface area contributed by atoms with Crippen LogP contribution in [0.1, 0.15) is 34.7 Å². The summed E-state index contributed by atoms with van der Waals surface area (Å²) in [6.07, 6.45) is 1.09. The van der Waals surface area contributed by atoms with Crippen LogP contribution in [-0.2, 0) is 4.79 Å². The molecule has 0 bridgehead atoms. The van der Waals surface area contributed by atoms with Gasteiger partial charge in [-0.15, -0.1) is 0 Å². The number of nitrogens with zero attached hydrogens (tertiary/aromatic N) is 2. The van der Waals surface area contributed by atoms with E-state index in [1.165, 1.54) is 24.1 Å². The van der Waals surface area contributed by atoms with Crippen molar-refractivity contribution in [3.63, 3.8) is 0 Å². The van der Waals surface area contributed by atoms with Crippen LogP contribution >= 0.6 is 11.6 Å². The quantitative estimate of drug-likeness (QED) is 0.369. The van der Waals surface area contributed by atoms with Gasteiger partial charge >= 0.3 is 0 Å². The van der Waals surface area contributed by atoms with E-state index in [4.69, 9.17) is 20.8 Å². The molecule has 1 saturated heterocycles. The van der Waals surface area contributed by atoms with E-state index in [0.29, 0.717) is 28.0 Å². The number of benzene rings is 2. The summed E-state index contributed by atoms with van der Waals surface area (Å²) in [5.41, 5.74) is 1.72. The van der Waals surface area contributed by atoms with E-state index in [1.54, 1.807) is 30.3 Å². The Morgan fingerprint density at radius 1 is 1.17 bits per heavy atom. The van der Waals surface area contributed by atoms with Gasteiger partial charge in [0.05, 0.1) is 18.9 Å². The maximum atomic E-state index is 13.2. The first-order chi connectivity index (χ1) is 17.0. The Bertz CT molecular complexity index is 1350. The van der Waals surface area contributed by atoms with Crippen LogP contribution in [0.4, 0.5) is 5.82 Å². The number of halogens is 1. The minimum absolute atomic E-state index is 0.147. The highest BCUT2D eigenvalue weighted by Crippen LogP contribution is 2.29. The largest absolute Gasteiger partial charge is 0.496 e. The molecule has 10 heteroatoms. The van der Waals surface area contributed by atoms with E-state index in [2.05, 4.69) is 21.0 Å². The Kier molecular flexibility index (Phi) is 6.26. The van der Waals surface area contributed by atoms with Crippen LogP contribution in [0.25, 0.3) is 11.5 Å². The zero-order valence-electron chi connectivity index (χ0n) is 18.7. The lowest BCUT2D eigenvalue weighted by molar-refractivity contribution is -0.125. The van der Waals surface area contributed by atoms with Crippen molar-refractivity contribution >= 4 is 29.2 Å². The number of carbonyl (C=O) groups is 2. The van der Waals surface area contributed by atoms with Gasteiger partial charge in [0.25, 0.3) is 5.91 Å². The summed E-state index contributed by atoms with van der Waals surface area (Å²) in [7, 11) is 1.48. The minimum Gasteiger partial charge on any atom is -0.496 e. The van der Waals surface area contributed by atoms with Crippen molar-refractivity contribution < 1.29 is 18.7 Å². The molecule has 4 aromatic rings. The molecule has 3 heterocycles. The lowest BCUT2D eigenvalue weighted by Gasteiger charge is -2.32. The van der Waals surface area contributed by atoms with Crippen LogP contribution in [0.15, 0.2) is 77.4 Å². The molecule has 1 fully saturated rings. The lowest BCUT2D eigenvalue weighted by atomic mass is 10.0. The average molecular weight is 492 g/mol. The monoisotopic (exact) mass is 491 g/mol. The SMILES string of the molecule is COc1ccc(Cl)cc1C(=O)Nc1cc(-c2ccco2)nn1C1NC(=O)CC(c2ccccc2)N1. The van der Waals surface area contributed by atoms with Gasteiger partial charge in [-0.2, -0.15) is 5.10 Å². The van der Waals surface area contributed by atoms with E-state index in [-0.39, 0.29) is 23.9 Å². The molecule has 0 saturated carbocycles. The van der Waals surface area contributed by atoms with Gasteiger partial charge in [-0.25, -0.2) is 4.68 Å². The number of nitrogens with one attached hydrogen (secondary N) is 3. The predicted molar refractivity (Wildman–Crippen MR) is 130 cm³/mol. The normalized spacial score (nSPS) is 17.6. The number of furan rings is 1. The molecule has 3 N–H and O–H groups in total. The Morgan fingerprint density at radius 3 is 2.74 bits per heavy atom. The van der Waals surface area contributed by atoms with Crippen molar-refractivity contribution in [3.05, 3.63) is 89.1 Å². The third-order valence-electron chi connectivity index (χ3n) is 5.65. The Hall–Kier alpha value is -4.08. The molecule has 0 radical (unpaired) electrons. The van der Waals surface area contributed by atoms with Gasteiger partial charge in [0.1, 0.15) is 17.3 Å². The van der Waals surface area contributed by atoms with E-state index in [9.17, 15) is 9.59 Å². The molecule has 35 heavy (non-hydrogen) atoms. The highest BCUT2D eigenvalue weighted by Gasteiger charge is 2.31. The summed E-state index contributed by atoms with van der Waals surface area (Å²) in [6, 6.07) is 19.4. The molecule has 2 aromatic carbocycles. The molecule has 5 rings (SSSR count). The van der Waals surface area contributed by atoms with Crippen LogP contribution in [-0.4, -0.2) is 28.7 Å². The average Bonchev–Trinajstić information content (AvgIpc) is 3.54. The number of carbonyl (C=O) groups excluding carboxylic acids is 2. The number of amides is 2. The Balaban J connectivity index is 1.50. The molecule has 2 aromatic heterocycles. The smallest absolute Gasteiger partial charge is 0.260 e. The van der Waals surface area contributed by atoms with Crippen LogP contribution in [0.3, 0.4) is 0 Å². The summed E-state index contributed by atoms with van der Waals surface area (Å²) in [5.74, 6) is 0.637. The number of hydrogen-bond donors (Lipinski definition) is 3. The van der Waals surface area contributed by atoms with Crippen LogP contribution in [0, 0.1) is 0 Å². The topological polar surface area (TPSA) is 110 Å². The Labute approximate surface area is 206 Å². The predicted octanol–water partition coefficient (Wildman–Crippen LogP) is 4.36. The molecule has 178 valence electrons. The fourth-order valence-electron chi connectivity index (χ4n) is 3.99. The van der Waals surface area contributed by atoms with E-state index < -0.39 is 12.2 Å². The second-order valence-electron chi connectivity index (χ2n) is 7.94. The maximum Gasteiger partial charge on any atom is 0.260 e. The third-order valence-corrected chi connectivity index (χ3v) is 5.88. The standard InChI is InChI=1S/C25H22ClN5O4/c1-34-20-10-9-16(26)12-17(20)24(33)28-22-13-19(21-8-5-11-35-21)30-31(22)25-27-18(14-23(32)29-25)15-6-3-2-4-7-15/h2-13,18,25,27H,14H2,1H3,(H,28,33)(H,29,32). The van der Waals surface area contributed by atoms with Gasteiger partial charge in [-0.1, -0.05) is 41.9 Å². The second kappa shape index (κ2) is 9.65. The zero-order valence-corrected chi connectivity index (χ0v) is 19.5. The summed E-state index contributed by atoms with van der Waals surface area (Å²) in [6.45, 7) is 0. The molecule has 0 aliphatic carbocycles. The van der Waals surface area contributed by atoms with Crippen molar-refractivity contribution in [2.24, 2.45) is 0 Å². The highest BCUT2D eigenvalue weighted by molar-refractivity contribution is 6.31. The molecule has 1 aliphatic heterocycles. The van der Waals surface area contributed by atoms with Gasteiger partial charge in [-0.05, 0) is 35.9 Å². The number of ether oxygens (including phenoxy) is 1. The molecule has 2 atom stereocenters. The van der Waals surface area contributed by atoms with Gasteiger partial charge < -0.3 is 19.8 Å². The third kappa shape index (κ3) is 4.77. The van der Waals surface area contributed by atoms with Gasteiger partial charge in [0.2, 0.25) is 5.91 Å². The first-order valence-corrected chi connectivity index (χ1v) is 11.3. The first kappa shape index (κ1) is 22.7. The van der Waals surface area contributed by atoms with Crippen molar-refractivity contribution in [1.29, 1.82) is 0 Å². The molecule has 0 spiro atoms. The molecule has 2 amide bonds.